The minimum atomic E-state index is -1.01. The number of ether oxygens (including phenoxy) is 1. The first kappa shape index (κ1) is 12.1. The van der Waals surface area contributed by atoms with Crippen LogP contribution in [0.5, 0.6) is 0 Å². The number of urea groups is 1. The summed E-state index contributed by atoms with van der Waals surface area (Å²) in [7, 11) is 0. The lowest BCUT2D eigenvalue weighted by Crippen LogP contribution is -2.56. The zero-order chi connectivity index (χ0) is 12.3. The van der Waals surface area contributed by atoms with Crippen LogP contribution in [0.25, 0.3) is 0 Å². The van der Waals surface area contributed by atoms with Gasteiger partial charge in [0, 0.05) is 32.7 Å². The van der Waals surface area contributed by atoms with Gasteiger partial charge in [0.1, 0.15) is 0 Å². The van der Waals surface area contributed by atoms with Gasteiger partial charge in [-0.05, 0) is 0 Å². The van der Waals surface area contributed by atoms with Gasteiger partial charge in [-0.25, -0.2) is 9.59 Å². The maximum atomic E-state index is 12.1. The van der Waals surface area contributed by atoms with Gasteiger partial charge in [0.25, 0.3) is 0 Å². The van der Waals surface area contributed by atoms with Crippen LogP contribution in [-0.2, 0) is 9.53 Å². The van der Waals surface area contributed by atoms with Gasteiger partial charge in [-0.2, -0.15) is 0 Å². The van der Waals surface area contributed by atoms with E-state index in [2.05, 4.69) is 5.32 Å². The first-order valence-electron chi connectivity index (χ1n) is 5.77. The second kappa shape index (κ2) is 5.33. The van der Waals surface area contributed by atoms with Gasteiger partial charge in [-0.1, -0.05) is 0 Å². The largest absolute Gasteiger partial charge is 0.479 e. The molecule has 17 heavy (non-hydrogen) atoms. The van der Waals surface area contributed by atoms with Gasteiger partial charge >= 0.3 is 12.0 Å². The molecule has 96 valence electrons. The Morgan fingerprint density at radius 3 is 2.53 bits per heavy atom. The van der Waals surface area contributed by atoms with Gasteiger partial charge in [-0.15, -0.1) is 0 Å². The Morgan fingerprint density at radius 1 is 1.18 bits per heavy atom. The van der Waals surface area contributed by atoms with Crippen molar-refractivity contribution in [2.24, 2.45) is 0 Å². The second-order valence-electron chi connectivity index (χ2n) is 4.16. The molecule has 7 nitrogen and oxygen atoms in total. The fraction of sp³-hybridized carbons (Fsp3) is 0.800. The van der Waals surface area contributed by atoms with Crippen molar-refractivity contribution in [3.05, 3.63) is 0 Å². The summed E-state index contributed by atoms with van der Waals surface area (Å²) in [4.78, 5) is 26.2. The van der Waals surface area contributed by atoms with Crippen LogP contribution in [0.15, 0.2) is 0 Å². The molecule has 2 aliphatic rings. The summed E-state index contributed by atoms with van der Waals surface area (Å²) in [6.45, 7) is 3.82. The molecule has 1 atom stereocenters. The summed E-state index contributed by atoms with van der Waals surface area (Å²) in [5.74, 6) is -1.01. The second-order valence-corrected chi connectivity index (χ2v) is 4.16. The number of morpholine rings is 1. The zero-order valence-electron chi connectivity index (χ0n) is 9.59. The molecule has 2 heterocycles. The number of amides is 2. The first-order chi connectivity index (χ1) is 8.18. The van der Waals surface area contributed by atoms with Crippen molar-refractivity contribution in [2.45, 2.75) is 6.10 Å². The molecular formula is C10H17N3O4. The Bertz CT molecular complexity index is 304. The Labute approximate surface area is 99.3 Å². The highest BCUT2D eigenvalue weighted by atomic mass is 16.5. The van der Waals surface area contributed by atoms with E-state index in [9.17, 15) is 9.59 Å². The van der Waals surface area contributed by atoms with Crippen molar-refractivity contribution >= 4 is 12.0 Å². The molecule has 0 aliphatic carbocycles. The van der Waals surface area contributed by atoms with E-state index in [4.69, 9.17) is 9.84 Å². The molecule has 0 spiro atoms. The summed E-state index contributed by atoms with van der Waals surface area (Å²) in [6.07, 6.45) is -0.893. The third-order valence-corrected chi connectivity index (χ3v) is 3.00. The number of piperazine rings is 1. The van der Waals surface area contributed by atoms with Crippen LogP contribution >= 0.6 is 0 Å². The van der Waals surface area contributed by atoms with Crippen LogP contribution in [0.2, 0.25) is 0 Å². The topological polar surface area (TPSA) is 82.1 Å². The Balaban J connectivity index is 1.91. The average molecular weight is 243 g/mol. The van der Waals surface area contributed by atoms with E-state index >= 15 is 0 Å². The van der Waals surface area contributed by atoms with Crippen molar-refractivity contribution in [1.29, 1.82) is 0 Å². The lowest BCUT2D eigenvalue weighted by Gasteiger charge is -2.36. The number of aliphatic carboxylic acids is 1. The molecular weight excluding hydrogens is 226 g/mol. The molecule has 2 fully saturated rings. The molecule has 0 aromatic rings. The van der Waals surface area contributed by atoms with E-state index in [1.54, 1.807) is 9.80 Å². The zero-order valence-corrected chi connectivity index (χ0v) is 9.59. The monoisotopic (exact) mass is 243 g/mol. The van der Waals surface area contributed by atoms with Gasteiger partial charge < -0.3 is 25.0 Å². The Hall–Kier alpha value is -1.34. The molecule has 1 unspecified atom stereocenters. The van der Waals surface area contributed by atoms with Crippen LogP contribution in [0, 0.1) is 0 Å². The van der Waals surface area contributed by atoms with E-state index < -0.39 is 12.1 Å². The molecule has 2 aliphatic heterocycles. The predicted octanol–water partition coefficient (Wildman–Crippen LogP) is -1.20. The fourth-order valence-electron chi connectivity index (χ4n) is 2.03. The fourth-order valence-corrected chi connectivity index (χ4v) is 2.03. The molecule has 2 N–H and O–H groups in total. The SMILES string of the molecule is O=C(O)C1CN(C(=O)N2CCNCC2)CCO1. The molecule has 0 bridgehead atoms. The molecule has 0 radical (unpaired) electrons. The standard InChI is InChI=1S/C10H17N3O4/c14-9(15)8-7-13(5-6-17-8)10(16)12-3-1-11-2-4-12/h8,11H,1-7H2,(H,14,15). The number of carbonyl (C=O) groups excluding carboxylic acids is 1. The van der Waals surface area contributed by atoms with E-state index in [0.717, 1.165) is 13.1 Å². The lowest BCUT2D eigenvalue weighted by molar-refractivity contribution is -0.154. The van der Waals surface area contributed by atoms with Gasteiger partial charge in [0.15, 0.2) is 6.10 Å². The summed E-state index contributed by atoms with van der Waals surface area (Å²) in [5, 5.41) is 12.0. The summed E-state index contributed by atoms with van der Waals surface area (Å²) in [5.41, 5.74) is 0. The molecule has 2 saturated heterocycles. The molecule has 7 heteroatoms. The first-order valence-corrected chi connectivity index (χ1v) is 5.77. The number of nitrogens with one attached hydrogen (secondary N) is 1. The van der Waals surface area contributed by atoms with Crippen LogP contribution in [0.4, 0.5) is 4.79 Å². The number of nitrogens with zero attached hydrogens (tertiary/aromatic N) is 2. The number of carboxylic acids is 1. The van der Waals surface area contributed by atoms with Crippen molar-refractivity contribution in [1.82, 2.24) is 15.1 Å². The maximum Gasteiger partial charge on any atom is 0.334 e. The molecule has 0 saturated carbocycles. The highest BCUT2D eigenvalue weighted by Crippen LogP contribution is 2.09. The third kappa shape index (κ3) is 2.86. The molecule has 0 aromatic heterocycles. The van der Waals surface area contributed by atoms with Crippen molar-refractivity contribution in [3.63, 3.8) is 0 Å². The number of hydrogen-bond acceptors (Lipinski definition) is 4. The van der Waals surface area contributed by atoms with Crippen LogP contribution in [0.1, 0.15) is 0 Å². The normalized spacial score (nSPS) is 25.8. The van der Waals surface area contributed by atoms with Crippen LogP contribution in [-0.4, -0.2) is 78.9 Å². The predicted molar refractivity (Wildman–Crippen MR) is 58.8 cm³/mol. The summed E-state index contributed by atoms with van der Waals surface area (Å²) >= 11 is 0. The van der Waals surface area contributed by atoms with E-state index in [1.165, 1.54) is 0 Å². The van der Waals surface area contributed by atoms with E-state index in [1.807, 2.05) is 0 Å². The van der Waals surface area contributed by atoms with Gasteiger partial charge in [0.2, 0.25) is 0 Å². The highest BCUT2D eigenvalue weighted by Gasteiger charge is 2.31. The van der Waals surface area contributed by atoms with Gasteiger partial charge in [0.05, 0.1) is 13.2 Å². The maximum absolute atomic E-state index is 12.1. The van der Waals surface area contributed by atoms with Gasteiger partial charge in [-0.3, -0.25) is 0 Å². The third-order valence-electron chi connectivity index (χ3n) is 3.00. The number of hydrogen-bond donors (Lipinski definition) is 2. The summed E-state index contributed by atoms with van der Waals surface area (Å²) in [6, 6.07) is -0.0824. The molecule has 2 amide bonds. The average Bonchev–Trinajstić information content (AvgIpc) is 2.39. The van der Waals surface area contributed by atoms with Crippen molar-refractivity contribution in [3.8, 4) is 0 Å². The number of carbonyl (C=O) groups is 2. The Morgan fingerprint density at radius 2 is 1.88 bits per heavy atom. The quantitative estimate of drug-likeness (QED) is 0.604. The lowest BCUT2D eigenvalue weighted by atomic mass is 10.3. The minimum absolute atomic E-state index is 0.0824. The van der Waals surface area contributed by atoms with Crippen LogP contribution in [0.3, 0.4) is 0 Å². The van der Waals surface area contributed by atoms with Crippen molar-refractivity contribution < 1.29 is 19.4 Å². The van der Waals surface area contributed by atoms with Crippen LogP contribution < -0.4 is 5.32 Å². The number of rotatable bonds is 1. The number of carboxylic acid groups (broad SMARTS) is 1. The van der Waals surface area contributed by atoms with E-state index in [0.29, 0.717) is 19.6 Å². The smallest absolute Gasteiger partial charge is 0.334 e. The highest BCUT2D eigenvalue weighted by molar-refractivity contribution is 5.77. The molecule has 2 rings (SSSR count). The minimum Gasteiger partial charge on any atom is -0.479 e. The molecule has 0 aromatic carbocycles. The Kier molecular flexibility index (Phi) is 3.80. The van der Waals surface area contributed by atoms with E-state index in [-0.39, 0.29) is 19.2 Å². The summed E-state index contributed by atoms with van der Waals surface area (Å²) < 4.78 is 5.08. The van der Waals surface area contributed by atoms with Crippen molar-refractivity contribution in [2.75, 3.05) is 45.9 Å².